The molecular formula is C34H22. The Balaban J connectivity index is 1.38. The second kappa shape index (κ2) is 7.57. The fourth-order valence-corrected chi connectivity index (χ4v) is 5.32. The molecule has 0 saturated carbocycles. The van der Waals surface area contributed by atoms with Gasteiger partial charge in [-0.05, 0) is 71.4 Å². The topological polar surface area (TPSA) is 0 Å². The Morgan fingerprint density at radius 1 is 0.294 bits per heavy atom. The molecule has 0 aliphatic carbocycles. The summed E-state index contributed by atoms with van der Waals surface area (Å²) in [4.78, 5) is 0. The van der Waals surface area contributed by atoms with Crippen LogP contribution in [0.15, 0.2) is 133 Å². The van der Waals surface area contributed by atoms with Crippen LogP contribution in [-0.4, -0.2) is 0 Å². The van der Waals surface area contributed by atoms with E-state index in [0.29, 0.717) is 0 Å². The van der Waals surface area contributed by atoms with E-state index >= 15 is 0 Å². The molecule has 0 N–H and O–H groups in total. The first-order valence-corrected chi connectivity index (χ1v) is 11.8. The summed E-state index contributed by atoms with van der Waals surface area (Å²) in [5.74, 6) is 0. The molecule has 0 aliphatic rings. The molecule has 0 nitrogen and oxygen atoms in total. The molecule has 0 radical (unpaired) electrons. The van der Waals surface area contributed by atoms with E-state index in [4.69, 9.17) is 0 Å². The molecule has 7 aromatic carbocycles. The Morgan fingerprint density at radius 2 is 0.824 bits per heavy atom. The van der Waals surface area contributed by atoms with Crippen molar-refractivity contribution in [3.8, 4) is 22.3 Å². The first-order valence-electron chi connectivity index (χ1n) is 11.8. The fraction of sp³-hybridized carbons (Fsp3) is 0. The van der Waals surface area contributed by atoms with Crippen LogP contribution in [0.25, 0.3) is 65.3 Å². The third-order valence-electron chi connectivity index (χ3n) is 7.05. The maximum Gasteiger partial charge on any atom is -0.00266 e. The van der Waals surface area contributed by atoms with Crippen molar-refractivity contribution in [2.24, 2.45) is 0 Å². The Kier molecular flexibility index (Phi) is 4.25. The first-order chi connectivity index (χ1) is 16.8. The van der Waals surface area contributed by atoms with E-state index < -0.39 is 0 Å². The van der Waals surface area contributed by atoms with Crippen LogP contribution in [-0.2, 0) is 0 Å². The lowest BCUT2D eigenvalue weighted by Gasteiger charge is -2.11. The van der Waals surface area contributed by atoms with Gasteiger partial charge >= 0.3 is 0 Å². The third-order valence-corrected chi connectivity index (χ3v) is 7.05. The fourth-order valence-electron chi connectivity index (χ4n) is 5.32. The van der Waals surface area contributed by atoms with Crippen molar-refractivity contribution in [3.63, 3.8) is 0 Å². The monoisotopic (exact) mass is 430 g/mol. The Bertz CT molecular complexity index is 1830. The van der Waals surface area contributed by atoms with Crippen LogP contribution >= 0.6 is 0 Å². The highest BCUT2D eigenvalue weighted by Crippen LogP contribution is 2.35. The summed E-state index contributed by atoms with van der Waals surface area (Å²) in [5, 5.41) is 10.4. The molecule has 0 atom stereocenters. The van der Waals surface area contributed by atoms with E-state index in [2.05, 4.69) is 133 Å². The molecule has 0 saturated heterocycles. The minimum Gasteiger partial charge on any atom is -0.0616 e. The third kappa shape index (κ3) is 3.00. The predicted molar refractivity (Wildman–Crippen MR) is 147 cm³/mol. The predicted octanol–water partition coefficient (Wildman–Crippen LogP) is 9.63. The summed E-state index contributed by atoms with van der Waals surface area (Å²) in [7, 11) is 0. The smallest absolute Gasteiger partial charge is 0.00266 e. The standard InChI is InChI=1S/C34H22/c1-3-9-30-24(6-1)8-5-11-31(30)26-14-12-23(13-15-26)29-21-18-27-17-20-28-19-16-25-7-2-4-10-32(25)34(28)33(27)22-29/h1-22H. The van der Waals surface area contributed by atoms with Gasteiger partial charge in [-0.15, -0.1) is 0 Å². The van der Waals surface area contributed by atoms with Crippen molar-refractivity contribution in [3.05, 3.63) is 133 Å². The lowest BCUT2D eigenvalue weighted by Crippen LogP contribution is -1.85. The summed E-state index contributed by atoms with van der Waals surface area (Å²) in [6.07, 6.45) is 0. The molecular weight excluding hydrogens is 408 g/mol. The van der Waals surface area contributed by atoms with E-state index in [1.54, 1.807) is 0 Å². The Morgan fingerprint density at radius 3 is 1.62 bits per heavy atom. The van der Waals surface area contributed by atoms with Crippen LogP contribution in [0.5, 0.6) is 0 Å². The molecule has 0 amide bonds. The minimum absolute atomic E-state index is 1.24. The van der Waals surface area contributed by atoms with Gasteiger partial charge in [-0.2, -0.15) is 0 Å². The SMILES string of the molecule is c1ccc2c(-c3ccc(-c4ccc5ccc6ccc7ccccc7c6c5c4)cc3)cccc2c1. The molecule has 0 aliphatic heterocycles. The first kappa shape index (κ1) is 19.1. The van der Waals surface area contributed by atoms with Crippen molar-refractivity contribution in [2.45, 2.75) is 0 Å². The zero-order valence-electron chi connectivity index (χ0n) is 18.7. The van der Waals surface area contributed by atoms with Crippen LogP contribution in [0.4, 0.5) is 0 Å². The zero-order valence-corrected chi connectivity index (χ0v) is 18.7. The molecule has 34 heavy (non-hydrogen) atoms. The van der Waals surface area contributed by atoms with Crippen LogP contribution in [0.2, 0.25) is 0 Å². The highest BCUT2D eigenvalue weighted by Gasteiger charge is 2.08. The van der Waals surface area contributed by atoms with Crippen LogP contribution in [0, 0.1) is 0 Å². The molecule has 158 valence electrons. The number of benzene rings is 7. The van der Waals surface area contributed by atoms with Gasteiger partial charge in [-0.3, -0.25) is 0 Å². The highest BCUT2D eigenvalue weighted by atomic mass is 14.1. The van der Waals surface area contributed by atoms with Gasteiger partial charge in [-0.1, -0.05) is 127 Å². The number of hydrogen-bond acceptors (Lipinski definition) is 0. The average Bonchev–Trinajstić information content (AvgIpc) is 2.92. The van der Waals surface area contributed by atoms with E-state index in [9.17, 15) is 0 Å². The summed E-state index contributed by atoms with van der Waals surface area (Å²) < 4.78 is 0. The highest BCUT2D eigenvalue weighted by molar-refractivity contribution is 6.20. The van der Waals surface area contributed by atoms with Crippen molar-refractivity contribution in [1.29, 1.82) is 0 Å². The molecule has 0 heteroatoms. The van der Waals surface area contributed by atoms with Crippen molar-refractivity contribution < 1.29 is 0 Å². The lowest BCUT2D eigenvalue weighted by molar-refractivity contribution is 1.62. The van der Waals surface area contributed by atoms with E-state index in [1.165, 1.54) is 65.3 Å². The number of fused-ring (bicyclic) bond motifs is 6. The molecule has 0 bridgehead atoms. The minimum atomic E-state index is 1.24. The maximum atomic E-state index is 2.36. The van der Waals surface area contributed by atoms with Crippen LogP contribution in [0.1, 0.15) is 0 Å². The molecule has 0 spiro atoms. The van der Waals surface area contributed by atoms with Crippen LogP contribution < -0.4 is 0 Å². The average molecular weight is 431 g/mol. The maximum absolute atomic E-state index is 2.36. The largest absolute Gasteiger partial charge is 0.0616 e. The molecule has 0 unspecified atom stereocenters. The summed E-state index contributed by atoms with van der Waals surface area (Å²) in [6.45, 7) is 0. The molecule has 0 heterocycles. The zero-order chi connectivity index (χ0) is 22.5. The van der Waals surface area contributed by atoms with Crippen LogP contribution in [0.3, 0.4) is 0 Å². The molecule has 0 aromatic heterocycles. The van der Waals surface area contributed by atoms with Crippen molar-refractivity contribution >= 4 is 43.1 Å². The summed E-state index contributed by atoms with van der Waals surface area (Å²) in [6, 6.07) is 48.6. The van der Waals surface area contributed by atoms with Gasteiger partial charge in [-0.25, -0.2) is 0 Å². The van der Waals surface area contributed by atoms with Gasteiger partial charge in [0.05, 0.1) is 0 Å². The second-order valence-corrected chi connectivity index (χ2v) is 8.99. The van der Waals surface area contributed by atoms with Gasteiger partial charge in [0.25, 0.3) is 0 Å². The lowest BCUT2D eigenvalue weighted by atomic mass is 9.93. The Labute approximate surface area is 198 Å². The number of hydrogen-bond donors (Lipinski definition) is 0. The van der Waals surface area contributed by atoms with Gasteiger partial charge < -0.3 is 0 Å². The van der Waals surface area contributed by atoms with Gasteiger partial charge in [0.15, 0.2) is 0 Å². The van der Waals surface area contributed by atoms with Gasteiger partial charge in [0.1, 0.15) is 0 Å². The van der Waals surface area contributed by atoms with E-state index in [1.807, 2.05) is 0 Å². The van der Waals surface area contributed by atoms with E-state index in [-0.39, 0.29) is 0 Å². The second-order valence-electron chi connectivity index (χ2n) is 8.99. The molecule has 7 rings (SSSR count). The van der Waals surface area contributed by atoms with Gasteiger partial charge in [0, 0.05) is 0 Å². The number of rotatable bonds is 2. The van der Waals surface area contributed by atoms with E-state index in [0.717, 1.165) is 0 Å². The van der Waals surface area contributed by atoms with Crippen molar-refractivity contribution in [1.82, 2.24) is 0 Å². The quantitative estimate of drug-likeness (QED) is 0.239. The van der Waals surface area contributed by atoms with Crippen molar-refractivity contribution in [2.75, 3.05) is 0 Å². The van der Waals surface area contributed by atoms with Gasteiger partial charge in [0.2, 0.25) is 0 Å². The Hall–Kier alpha value is -4.42. The molecule has 7 aromatic rings. The summed E-state index contributed by atoms with van der Waals surface area (Å²) >= 11 is 0. The molecule has 0 fully saturated rings. The summed E-state index contributed by atoms with van der Waals surface area (Å²) in [5.41, 5.74) is 5.01. The normalized spacial score (nSPS) is 11.5.